The molecule has 110 valence electrons. The lowest BCUT2D eigenvalue weighted by Gasteiger charge is -2.16. The predicted octanol–water partition coefficient (Wildman–Crippen LogP) is -2.48. The molecular weight excluding hydrogens is 270 g/mol. The molecule has 2 aromatic heterocycles. The van der Waals surface area contributed by atoms with Gasteiger partial charge in [0.1, 0.15) is 6.10 Å². The largest absolute Gasteiger partial charge is 0.412 e. The van der Waals surface area contributed by atoms with Gasteiger partial charge in [-0.05, 0) is 0 Å². The number of H-pyrrole nitrogens is 1. The van der Waals surface area contributed by atoms with Crippen molar-refractivity contribution in [2.24, 2.45) is 0 Å². The number of aliphatic hydroxyl groups excluding tert-OH is 2. The lowest BCUT2D eigenvalue weighted by Crippen LogP contribution is -2.20. The fourth-order valence-corrected chi connectivity index (χ4v) is 2.23. The summed E-state index contributed by atoms with van der Waals surface area (Å²) in [5, 5.41) is 19.0. The van der Waals surface area contributed by atoms with E-state index in [9.17, 15) is 9.90 Å². The van der Waals surface area contributed by atoms with Crippen LogP contribution in [0.3, 0.4) is 0 Å². The topological polar surface area (TPSA) is 171 Å². The molecule has 10 heteroatoms. The number of ether oxygens (including phenoxy) is 1. The van der Waals surface area contributed by atoms with E-state index >= 15 is 0 Å². The first-order valence-electron chi connectivity index (χ1n) is 5.77. The van der Waals surface area contributed by atoms with Gasteiger partial charge in [-0.3, -0.25) is 14.3 Å². The number of aliphatic hydroxyl groups is 2. The number of rotatable bonds is 2. The SMILES string of the molecule is Nc1nc2c(ncn2[C@@H]2O[C@H](CO)C[C@H]2O)c(=O)[nH]1.O. The van der Waals surface area contributed by atoms with Gasteiger partial charge in [-0.1, -0.05) is 0 Å². The van der Waals surface area contributed by atoms with E-state index in [1.807, 2.05) is 0 Å². The van der Waals surface area contributed by atoms with Crippen molar-refractivity contribution >= 4 is 17.1 Å². The van der Waals surface area contributed by atoms with Crippen molar-refractivity contribution in [1.82, 2.24) is 19.5 Å². The molecule has 3 atom stereocenters. The fraction of sp³-hybridized carbons (Fsp3) is 0.500. The number of nitrogens with two attached hydrogens (primary N) is 1. The van der Waals surface area contributed by atoms with Crippen LogP contribution in [0.15, 0.2) is 11.1 Å². The molecule has 0 amide bonds. The summed E-state index contributed by atoms with van der Waals surface area (Å²) in [6.45, 7) is -0.184. The van der Waals surface area contributed by atoms with Crippen LogP contribution in [0, 0.1) is 0 Å². The molecule has 10 nitrogen and oxygen atoms in total. The molecule has 7 N–H and O–H groups in total. The van der Waals surface area contributed by atoms with Crippen LogP contribution in [0.1, 0.15) is 12.6 Å². The van der Waals surface area contributed by atoms with Gasteiger partial charge in [-0.25, -0.2) is 4.98 Å². The Bertz CT molecular complexity index is 668. The van der Waals surface area contributed by atoms with E-state index in [0.717, 1.165) is 0 Å². The van der Waals surface area contributed by atoms with Gasteiger partial charge in [0.05, 0.1) is 19.0 Å². The van der Waals surface area contributed by atoms with Crippen LogP contribution in [0.4, 0.5) is 5.95 Å². The maximum Gasteiger partial charge on any atom is 0.280 e. The second kappa shape index (κ2) is 5.17. The highest BCUT2D eigenvalue weighted by atomic mass is 16.5. The van der Waals surface area contributed by atoms with Crippen LogP contribution in [0.5, 0.6) is 0 Å². The first-order chi connectivity index (χ1) is 9.10. The summed E-state index contributed by atoms with van der Waals surface area (Å²) in [7, 11) is 0. The summed E-state index contributed by atoms with van der Waals surface area (Å²) < 4.78 is 6.93. The third-order valence-electron chi connectivity index (χ3n) is 3.09. The van der Waals surface area contributed by atoms with E-state index in [-0.39, 0.29) is 29.2 Å². The maximum atomic E-state index is 11.6. The summed E-state index contributed by atoms with van der Waals surface area (Å²) in [5.41, 5.74) is 5.40. The summed E-state index contributed by atoms with van der Waals surface area (Å²) >= 11 is 0. The minimum Gasteiger partial charge on any atom is -0.412 e. The lowest BCUT2D eigenvalue weighted by molar-refractivity contribution is -0.0486. The quantitative estimate of drug-likeness (QED) is 0.473. The minimum absolute atomic E-state index is 0. The average Bonchev–Trinajstić information content (AvgIpc) is 2.92. The van der Waals surface area contributed by atoms with Crippen LogP contribution < -0.4 is 11.3 Å². The number of hydrogen-bond donors (Lipinski definition) is 4. The molecule has 0 radical (unpaired) electrons. The second-order valence-electron chi connectivity index (χ2n) is 4.41. The summed E-state index contributed by atoms with van der Waals surface area (Å²) in [6.07, 6.45) is -0.330. The molecule has 1 aliphatic heterocycles. The number of nitrogens with zero attached hydrogens (tertiary/aromatic N) is 3. The molecule has 0 aromatic carbocycles. The number of fused-ring (bicyclic) bond motifs is 1. The molecule has 1 aliphatic rings. The molecule has 0 bridgehead atoms. The van der Waals surface area contributed by atoms with Gasteiger partial charge in [-0.2, -0.15) is 4.98 Å². The lowest BCUT2D eigenvalue weighted by atomic mass is 10.2. The molecule has 0 unspecified atom stereocenters. The molecule has 0 saturated carbocycles. The number of aromatic amines is 1. The van der Waals surface area contributed by atoms with E-state index in [0.29, 0.717) is 6.42 Å². The van der Waals surface area contributed by atoms with Crippen molar-refractivity contribution in [3.63, 3.8) is 0 Å². The van der Waals surface area contributed by atoms with Crippen LogP contribution in [0.25, 0.3) is 11.2 Å². The summed E-state index contributed by atoms with van der Waals surface area (Å²) in [5.74, 6) is -0.0366. The minimum atomic E-state index is -0.808. The van der Waals surface area contributed by atoms with Crippen molar-refractivity contribution in [3.8, 4) is 0 Å². The number of nitrogen functional groups attached to an aromatic ring is 1. The van der Waals surface area contributed by atoms with Gasteiger partial charge in [0, 0.05) is 6.42 Å². The molecule has 20 heavy (non-hydrogen) atoms. The molecular formula is C10H15N5O5. The van der Waals surface area contributed by atoms with E-state index < -0.39 is 24.0 Å². The highest BCUT2D eigenvalue weighted by molar-refractivity contribution is 5.70. The monoisotopic (exact) mass is 285 g/mol. The van der Waals surface area contributed by atoms with Crippen molar-refractivity contribution < 1.29 is 20.4 Å². The number of nitrogens with one attached hydrogen (secondary N) is 1. The number of imidazole rings is 1. The van der Waals surface area contributed by atoms with Crippen LogP contribution >= 0.6 is 0 Å². The Labute approximate surface area is 112 Å². The van der Waals surface area contributed by atoms with Gasteiger partial charge in [-0.15, -0.1) is 0 Å². The Morgan fingerprint density at radius 3 is 3.00 bits per heavy atom. The van der Waals surface area contributed by atoms with E-state index in [1.54, 1.807) is 0 Å². The van der Waals surface area contributed by atoms with E-state index in [1.165, 1.54) is 10.9 Å². The van der Waals surface area contributed by atoms with Crippen molar-refractivity contribution in [1.29, 1.82) is 0 Å². The first kappa shape index (κ1) is 14.4. The number of anilines is 1. The average molecular weight is 285 g/mol. The standard InChI is InChI=1S/C10H13N5O4.H2O/c11-10-13-7-6(8(18)14-10)12-3-15(7)9-5(17)1-4(2-16)19-9;/h3-5,9,16-17H,1-2H2,(H3,11,13,14,18);1H2/t4-,5+,9+;/m0./s1. The van der Waals surface area contributed by atoms with Gasteiger partial charge in [0.25, 0.3) is 5.56 Å². The molecule has 3 heterocycles. The van der Waals surface area contributed by atoms with E-state index in [2.05, 4.69) is 15.0 Å². The maximum absolute atomic E-state index is 11.6. The van der Waals surface area contributed by atoms with Crippen molar-refractivity contribution in [2.75, 3.05) is 12.3 Å². The zero-order valence-electron chi connectivity index (χ0n) is 10.4. The van der Waals surface area contributed by atoms with Gasteiger partial charge in [0.15, 0.2) is 17.4 Å². The zero-order valence-corrected chi connectivity index (χ0v) is 10.4. The van der Waals surface area contributed by atoms with Gasteiger partial charge in [0.2, 0.25) is 5.95 Å². The smallest absolute Gasteiger partial charge is 0.280 e. The fourth-order valence-electron chi connectivity index (χ4n) is 2.23. The molecule has 0 spiro atoms. The van der Waals surface area contributed by atoms with Crippen molar-refractivity contribution in [3.05, 3.63) is 16.7 Å². The Morgan fingerprint density at radius 2 is 2.35 bits per heavy atom. The normalized spacial score (nSPS) is 25.8. The third kappa shape index (κ3) is 2.14. The van der Waals surface area contributed by atoms with Gasteiger partial charge < -0.3 is 26.2 Å². The van der Waals surface area contributed by atoms with Gasteiger partial charge >= 0.3 is 0 Å². The Morgan fingerprint density at radius 1 is 1.60 bits per heavy atom. The predicted molar refractivity (Wildman–Crippen MR) is 67.8 cm³/mol. The van der Waals surface area contributed by atoms with Crippen molar-refractivity contribution in [2.45, 2.75) is 24.9 Å². The highest BCUT2D eigenvalue weighted by Gasteiger charge is 2.35. The number of aromatic nitrogens is 4. The molecule has 0 aliphatic carbocycles. The van der Waals surface area contributed by atoms with E-state index in [4.69, 9.17) is 15.6 Å². The van der Waals surface area contributed by atoms with Crippen LogP contribution in [0.2, 0.25) is 0 Å². The second-order valence-corrected chi connectivity index (χ2v) is 4.41. The Kier molecular flexibility index (Phi) is 3.72. The molecule has 3 rings (SSSR count). The van der Waals surface area contributed by atoms with Crippen LogP contribution in [-0.2, 0) is 4.74 Å². The molecule has 1 fully saturated rings. The summed E-state index contributed by atoms with van der Waals surface area (Å²) in [4.78, 5) is 21.9. The Hall–Kier alpha value is -2.01. The first-order valence-corrected chi connectivity index (χ1v) is 5.77. The third-order valence-corrected chi connectivity index (χ3v) is 3.09. The number of hydrogen-bond acceptors (Lipinski definition) is 7. The van der Waals surface area contributed by atoms with Crippen LogP contribution in [-0.4, -0.2) is 54.0 Å². The Balaban J connectivity index is 0.00000147. The highest BCUT2D eigenvalue weighted by Crippen LogP contribution is 2.30. The zero-order chi connectivity index (χ0) is 13.6. The summed E-state index contributed by atoms with van der Waals surface area (Å²) in [6, 6.07) is 0. The molecule has 2 aromatic rings. The molecule has 1 saturated heterocycles.